The summed E-state index contributed by atoms with van der Waals surface area (Å²) in [6.07, 6.45) is 1.88. The third kappa shape index (κ3) is 6.23. The zero-order valence-electron chi connectivity index (χ0n) is 12.4. The lowest BCUT2D eigenvalue weighted by Crippen LogP contribution is -2.46. The van der Waals surface area contributed by atoms with Crippen molar-refractivity contribution >= 4 is 46.6 Å². The minimum Gasteiger partial charge on any atom is -0.314 e. The summed E-state index contributed by atoms with van der Waals surface area (Å²) >= 11 is 1.45. The quantitative estimate of drug-likeness (QED) is 0.723. The Morgan fingerprint density at radius 1 is 1.23 bits per heavy atom. The summed E-state index contributed by atoms with van der Waals surface area (Å²) in [4.78, 5) is 3.41. The van der Waals surface area contributed by atoms with E-state index in [0.717, 1.165) is 37.6 Å². The van der Waals surface area contributed by atoms with E-state index in [4.69, 9.17) is 0 Å². The second kappa shape index (κ2) is 10.7. The van der Waals surface area contributed by atoms with Crippen LogP contribution in [0.25, 0.3) is 0 Å². The zero-order valence-corrected chi connectivity index (χ0v) is 15.7. The number of hydrogen-bond donors (Lipinski definition) is 2. The number of nitrogens with zero attached hydrogens (tertiary/aromatic N) is 1. The summed E-state index contributed by atoms with van der Waals surface area (Å²) in [7, 11) is -3.42. The highest BCUT2D eigenvalue weighted by Gasteiger charge is 2.18. The third-order valence-corrected chi connectivity index (χ3v) is 5.73. The Labute approximate surface area is 149 Å². The number of hydrogen-bond acceptors (Lipinski definition) is 5. The molecule has 1 aliphatic rings. The molecule has 5 nitrogen and oxygen atoms in total. The number of halogens is 2. The summed E-state index contributed by atoms with van der Waals surface area (Å²) in [5, 5.41) is 3.28. The Morgan fingerprint density at radius 3 is 2.50 bits per heavy atom. The molecule has 9 heteroatoms. The van der Waals surface area contributed by atoms with Gasteiger partial charge in [0.1, 0.15) is 0 Å². The van der Waals surface area contributed by atoms with Crippen molar-refractivity contribution in [3.8, 4) is 0 Å². The normalized spacial score (nSPS) is 15.7. The van der Waals surface area contributed by atoms with Gasteiger partial charge in [-0.3, -0.25) is 4.90 Å². The molecule has 0 radical (unpaired) electrons. The molecular weight excluding hydrogens is 365 g/mol. The fraction of sp³-hybridized carbons (Fsp3) is 0.538. The molecule has 128 valence electrons. The fourth-order valence-electron chi connectivity index (χ4n) is 2.19. The lowest BCUT2D eigenvalue weighted by molar-refractivity contribution is 0.245. The maximum atomic E-state index is 12.3. The van der Waals surface area contributed by atoms with E-state index in [2.05, 4.69) is 14.9 Å². The van der Waals surface area contributed by atoms with Crippen LogP contribution in [0.5, 0.6) is 0 Å². The number of rotatable bonds is 6. The molecule has 1 saturated heterocycles. The summed E-state index contributed by atoms with van der Waals surface area (Å²) in [5.41, 5.74) is 0. The van der Waals surface area contributed by atoms with E-state index in [1.165, 1.54) is 11.8 Å². The molecule has 2 N–H and O–H groups in total. The predicted molar refractivity (Wildman–Crippen MR) is 97.2 cm³/mol. The molecule has 1 heterocycles. The molecule has 1 aromatic carbocycles. The largest absolute Gasteiger partial charge is 0.314 e. The molecule has 0 saturated carbocycles. The molecule has 0 aromatic heterocycles. The number of benzene rings is 1. The Kier molecular flexibility index (Phi) is 10.7. The average Bonchev–Trinajstić information content (AvgIpc) is 2.48. The first kappa shape index (κ1) is 22.0. The first-order valence-corrected chi connectivity index (χ1v) is 9.40. The SMILES string of the molecule is CSc1ccccc1S(=O)(=O)NCCN1CCNCC1.Cl.Cl. The Morgan fingerprint density at radius 2 is 1.86 bits per heavy atom. The van der Waals surface area contributed by atoms with E-state index in [1.807, 2.05) is 18.4 Å². The Balaban J connectivity index is 0.00000220. The topological polar surface area (TPSA) is 61.4 Å². The lowest BCUT2D eigenvalue weighted by Gasteiger charge is -2.27. The number of sulfonamides is 1. The highest BCUT2D eigenvalue weighted by molar-refractivity contribution is 7.99. The molecule has 0 bridgehead atoms. The van der Waals surface area contributed by atoms with Gasteiger partial charge < -0.3 is 5.32 Å². The summed E-state index contributed by atoms with van der Waals surface area (Å²) < 4.78 is 27.3. The van der Waals surface area contributed by atoms with Gasteiger partial charge in [0.2, 0.25) is 10.0 Å². The summed E-state index contributed by atoms with van der Waals surface area (Å²) in [6.45, 7) is 5.10. The van der Waals surface area contributed by atoms with Crippen LogP contribution in [-0.2, 0) is 10.0 Å². The molecule has 1 fully saturated rings. The van der Waals surface area contributed by atoms with Crippen LogP contribution in [0.3, 0.4) is 0 Å². The first-order valence-electron chi connectivity index (χ1n) is 6.69. The van der Waals surface area contributed by atoms with E-state index in [9.17, 15) is 8.42 Å². The Bertz CT molecular complexity index is 538. The fourth-order valence-corrected chi connectivity index (χ4v) is 4.36. The maximum Gasteiger partial charge on any atom is 0.241 e. The lowest BCUT2D eigenvalue weighted by atomic mass is 10.3. The van der Waals surface area contributed by atoms with Crippen molar-refractivity contribution in [2.75, 3.05) is 45.5 Å². The number of nitrogens with one attached hydrogen (secondary N) is 2. The van der Waals surface area contributed by atoms with E-state index in [-0.39, 0.29) is 24.8 Å². The van der Waals surface area contributed by atoms with Crippen LogP contribution in [0.2, 0.25) is 0 Å². The highest BCUT2D eigenvalue weighted by Crippen LogP contribution is 2.23. The second-order valence-corrected chi connectivity index (χ2v) is 7.22. The number of thioether (sulfide) groups is 1. The summed E-state index contributed by atoms with van der Waals surface area (Å²) in [6, 6.07) is 7.09. The molecular formula is C13H23Cl2N3O2S2. The van der Waals surface area contributed by atoms with E-state index >= 15 is 0 Å². The van der Waals surface area contributed by atoms with Gasteiger partial charge in [-0.15, -0.1) is 36.6 Å². The minimum absolute atomic E-state index is 0. The third-order valence-electron chi connectivity index (χ3n) is 3.29. The second-order valence-electron chi connectivity index (χ2n) is 4.64. The van der Waals surface area contributed by atoms with Crippen molar-refractivity contribution in [3.63, 3.8) is 0 Å². The molecule has 1 aliphatic heterocycles. The summed E-state index contributed by atoms with van der Waals surface area (Å²) in [5.74, 6) is 0. The van der Waals surface area contributed by atoms with E-state index < -0.39 is 10.0 Å². The molecule has 0 aliphatic carbocycles. The number of piperazine rings is 1. The van der Waals surface area contributed by atoms with Crippen molar-refractivity contribution in [2.45, 2.75) is 9.79 Å². The standard InChI is InChI=1S/C13H21N3O2S2.2ClH/c1-19-12-4-2-3-5-13(12)20(17,18)15-8-11-16-9-6-14-7-10-16;;/h2-5,14-15H,6-11H2,1H3;2*1H. The van der Waals surface area contributed by atoms with Crippen LogP contribution >= 0.6 is 36.6 Å². The van der Waals surface area contributed by atoms with Crippen LogP contribution in [0, 0.1) is 0 Å². The Hall–Kier alpha value is -0.0200. The van der Waals surface area contributed by atoms with Gasteiger partial charge in [-0.25, -0.2) is 13.1 Å². The maximum absolute atomic E-state index is 12.3. The molecule has 2 rings (SSSR count). The molecule has 0 amide bonds. The van der Waals surface area contributed by atoms with Gasteiger partial charge >= 0.3 is 0 Å². The smallest absolute Gasteiger partial charge is 0.241 e. The predicted octanol–water partition coefficient (Wildman–Crippen LogP) is 1.44. The van der Waals surface area contributed by atoms with Crippen LogP contribution < -0.4 is 10.0 Å². The van der Waals surface area contributed by atoms with Crippen molar-refractivity contribution in [1.29, 1.82) is 0 Å². The van der Waals surface area contributed by atoms with Gasteiger partial charge in [0.15, 0.2) is 0 Å². The van der Waals surface area contributed by atoms with Gasteiger partial charge in [-0.1, -0.05) is 12.1 Å². The van der Waals surface area contributed by atoms with Crippen LogP contribution in [-0.4, -0.2) is 58.8 Å². The minimum atomic E-state index is -3.42. The van der Waals surface area contributed by atoms with Crippen LogP contribution in [0.15, 0.2) is 34.1 Å². The molecule has 0 atom stereocenters. The highest BCUT2D eigenvalue weighted by atomic mass is 35.5. The van der Waals surface area contributed by atoms with Crippen LogP contribution in [0.4, 0.5) is 0 Å². The molecule has 1 aromatic rings. The molecule has 0 unspecified atom stereocenters. The monoisotopic (exact) mass is 387 g/mol. The zero-order chi connectivity index (χ0) is 14.4. The van der Waals surface area contributed by atoms with Gasteiger partial charge in [0, 0.05) is 44.2 Å². The van der Waals surface area contributed by atoms with Gasteiger partial charge in [-0.2, -0.15) is 0 Å². The van der Waals surface area contributed by atoms with E-state index in [0.29, 0.717) is 11.4 Å². The van der Waals surface area contributed by atoms with Crippen LogP contribution in [0.1, 0.15) is 0 Å². The van der Waals surface area contributed by atoms with Gasteiger partial charge in [-0.05, 0) is 18.4 Å². The van der Waals surface area contributed by atoms with Crippen molar-refractivity contribution < 1.29 is 8.42 Å². The van der Waals surface area contributed by atoms with Crippen molar-refractivity contribution in [1.82, 2.24) is 14.9 Å². The van der Waals surface area contributed by atoms with Gasteiger partial charge in [0.05, 0.1) is 4.90 Å². The molecule has 0 spiro atoms. The average molecular weight is 388 g/mol. The van der Waals surface area contributed by atoms with Gasteiger partial charge in [0.25, 0.3) is 0 Å². The van der Waals surface area contributed by atoms with Crippen molar-refractivity contribution in [3.05, 3.63) is 24.3 Å². The molecule has 22 heavy (non-hydrogen) atoms. The van der Waals surface area contributed by atoms with E-state index in [1.54, 1.807) is 12.1 Å². The first-order chi connectivity index (χ1) is 9.63. The van der Waals surface area contributed by atoms with Crippen molar-refractivity contribution in [2.24, 2.45) is 0 Å².